The van der Waals surface area contributed by atoms with Gasteiger partial charge in [0.2, 0.25) is 0 Å². The van der Waals surface area contributed by atoms with Gasteiger partial charge in [-0.3, -0.25) is 9.69 Å². The second-order valence-electron chi connectivity index (χ2n) is 6.33. The van der Waals surface area contributed by atoms with Gasteiger partial charge in [0.15, 0.2) is 0 Å². The number of aliphatic hydroxyl groups excluding tert-OH is 1. The van der Waals surface area contributed by atoms with Crippen LogP contribution in [0, 0.1) is 5.41 Å². The van der Waals surface area contributed by atoms with Crippen LogP contribution in [0.3, 0.4) is 0 Å². The Labute approximate surface area is 132 Å². The van der Waals surface area contributed by atoms with Crippen molar-refractivity contribution in [2.24, 2.45) is 5.41 Å². The molecule has 2 N–H and O–H groups in total. The molecule has 0 aliphatic carbocycles. The summed E-state index contributed by atoms with van der Waals surface area (Å²) in [5.41, 5.74) is 1.63. The van der Waals surface area contributed by atoms with Gasteiger partial charge in [0.05, 0.1) is 11.5 Å². The highest BCUT2D eigenvalue weighted by Gasteiger charge is 2.47. The maximum absolute atomic E-state index is 11.7. The lowest BCUT2D eigenvalue weighted by atomic mass is 9.72. The summed E-state index contributed by atoms with van der Waals surface area (Å²) >= 11 is 0. The molecule has 0 saturated carbocycles. The molecule has 2 atom stereocenters. The molecule has 0 radical (unpaired) electrons. The van der Waals surface area contributed by atoms with Gasteiger partial charge >= 0.3 is 5.97 Å². The fraction of sp³-hybridized carbons (Fsp3) is 0.611. The monoisotopic (exact) mass is 305 g/mol. The van der Waals surface area contributed by atoms with E-state index in [1.54, 1.807) is 0 Å². The summed E-state index contributed by atoms with van der Waals surface area (Å²) in [6, 6.07) is 8.34. The van der Waals surface area contributed by atoms with Crippen LogP contribution in [0.1, 0.15) is 44.2 Å². The number of carbonyl (C=O) groups is 1. The molecule has 1 heterocycles. The van der Waals surface area contributed by atoms with Gasteiger partial charge in [-0.05, 0) is 36.9 Å². The zero-order valence-corrected chi connectivity index (χ0v) is 13.6. The van der Waals surface area contributed by atoms with Crippen molar-refractivity contribution in [3.8, 4) is 0 Å². The molecule has 1 aliphatic heterocycles. The molecule has 4 heteroatoms. The first-order chi connectivity index (χ1) is 10.5. The smallest absolute Gasteiger partial charge is 0.312 e. The van der Waals surface area contributed by atoms with Crippen molar-refractivity contribution in [2.45, 2.75) is 52.2 Å². The Morgan fingerprint density at radius 2 is 2.00 bits per heavy atom. The number of nitrogens with zero attached hydrogens (tertiary/aromatic N) is 1. The zero-order valence-electron chi connectivity index (χ0n) is 13.6. The van der Waals surface area contributed by atoms with Crippen LogP contribution in [0.15, 0.2) is 24.3 Å². The average molecular weight is 305 g/mol. The maximum atomic E-state index is 11.7. The molecule has 4 nitrogen and oxygen atoms in total. The Morgan fingerprint density at radius 3 is 2.55 bits per heavy atom. The molecule has 0 aromatic heterocycles. The first-order valence-electron chi connectivity index (χ1n) is 8.24. The lowest BCUT2D eigenvalue weighted by Gasteiger charge is -2.43. The van der Waals surface area contributed by atoms with Crippen LogP contribution in [0.25, 0.3) is 0 Å². The number of carboxylic acids is 1. The van der Waals surface area contributed by atoms with E-state index in [4.69, 9.17) is 0 Å². The fourth-order valence-electron chi connectivity index (χ4n) is 3.57. The second kappa shape index (κ2) is 7.25. The van der Waals surface area contributed by atoms with Gasteiger partial charge in [0.1, 0.15) is 0 Å². The van der Waals surface area contributed by atoms with Gasteiger partial charge in [-0.25, -0.2) is 0 Å². The van der Waals surface area contributed by atoms with Gasteiger partial charge in [0, 0.05) is 13.1 Å². The predicted molar refractivity (Wildman–Crippen MR) is 86.7 cm³/mol. The van der Waals surface area contributed by atoms with Crippen molar-refractivity contribution in [1.29, 1.82) is 0 Å². The number of piperidine rings is 1. The maximum Gasteiger partial charge on any atom is 0.312 e. The van der Waals surface area contributed by atoms with Crippen LogP contribution in [0.2, 0.25) is 0 Å². The molecule has 1 aromatic carbocycles. The van der Waals surface area contributed by atoms with Gasteiger partial charge < -0.3 is 10.2 Å². The SMILES string of the molecule is CCC[C@]1(C(=O)O)CCN(Cc2ccccc2CC)C[C@@H]1O. The Morgan fingerprint density at radius 1 is 1.32 bits per heavy atom. The zero-order chi connectivity index (χ0) is 16.2. The number of aliphatic hydroxyl groups is 1. The van der Waals surface area contributed by atoms with Crippen molar-refractivity contribution in [1.82, 2.24) is 4.90 Å². The molecule has 0 amide bonds. The van der Waals surface area contributed by atoms with Gasteiger partial charge in [-0.15, -0.1) is 0 Å². The van der Waals surface area contributed by atoms with Crippen molar-refractivity contribution in [3.63, 3.8) is 0 Å². The number of aliphatic carboxylic acids is 1. The van der Waals surface area contributed by atoms with E-state index in [-0.39, 0.29) is 0 Å². The molecule has 1 fully saturated rings. The topological polar surface area (TPSA) is 60.8 Å². The van der Waals surface area contributed by atoms with Crippen LogP contribution in [-0.2, 0) is 17.8 Å². The standard InChI is InChI=1S/C18H27NO3/c1-3-9-18(17(21)22)10-11-19(13-16(18)20)12-15-8-6-5-7-14(15)4-2/h5-8,16,20H,3-4,9-13H2,1-2H3,(H,21,22)/t16-,18-/m0/s1. The van der Waals surface area contributed by atoms with E-state index in [1.807, 2.05) is 19.1 Å². The van der Waals surface area contributed by atoms with Gasteiger partial charge in [0.25, 0.3) is 0 Å². The van der Waals surface area contributed by atoms with E-state index >= 15 is 0 Å². The molecule has 0 spiro atoms. The number of aryl methyl sites for hydroxylation is 1. The third-order valence-corrected chi connectivity index (χ3v) is 4.96. The summed E-state index contributed by atoms with van der Waals surface area (Å²) in [5.74, 6) is -0.851. The summed E-state index contributed by atoms with van der Waals surface area (Å²) in [4.78, 5) is 13.8. The third-order valence-electron chi connectivity index (χ3n) is 4.96. The largest absolute Gasteiger partial charge is 0.481 e. The molecular weight excluding hydrogens is 278 g/mol. The van der Waals surface area contributed by atoms with Crippen molar-refractivity contribution in [2.75, 3.05) is 13.1 Å². The number of hydrogen-bond donors (Lipinski definition) is 2. The van der Waals surface area contributed by atoms with E-state index < -0.39 is 17.5 Å². The van der Waals surface area contributed by atoms with E-state index in [1.165, 1.54) is 11.1 Å². The molecule has 1 saturated heterocycles. The van der Waals surface area contributed by atoms with Crippen LogP contribution >= 0.6 is 0 Å². The number of benzene rings is 1. The minimum atomic E-state index is -0.963. The van der Waals surface area contributed by atoms with Crippen LogP contribution < -0.4 is 0 Å². The average Bonchev–Trinajstić information content (AvgIpc) is 2.50. The Balaban J connectivity index is 2.08. The number of rotatable bonds is 6. The molecular formula is C18H27NO3. The van der Waals surface area contributed by atoms with Crippen LogP contribution in [0.4, 0.5) is 0 Å². The second-order valence-corrected chi connectivity index (χ2v) is 6.33. The van der Waals surface area contributed by atoms with Crippen LogP contribution in [-0.4, -0.2) is 40.3 Å². The molecule has 1 aromatic rings. The molecule has 2 rings (SSSR count). The van der Waals surface area contributed by atoms with Crippen molar-refractivity contribution in [3.05, 3.63) is 35.4 Å². The highest BCUT2D eigenvalue weighted by Crippen LogP contribution is 2.37. The van der Waals surface area contributed by atoms with Gasteiger partial charge in [-0.2, -0.15) is 0 Å². The first kappa shape index (κ1) is 17.0. The lowest BCUT2D eigenvalue weighted by molar-refractivity contribution is -0.164. The van der Waals surface area contributed by atoms with E-state index in [0.29, 0.717) is 19.4 Å². The fourth-order valence-corrected chi connectivity index (χ4v) is 3.57. The third kappa shape index (κ3) is 3.33. The molecule has 1 aliphatic rings. The Bertz CT molecular complexity index is 517. The number of hydrogen-bond acceptors (Lipinski definition) is 3. The molecule has 0 bridgehead atoms. The van der Waals surface area contributed by atoms with E-state index in [2.05, 4.69) is 24.0 Å². The highest BCUT2D eigenvalue weighted by atomic mass is 16.4. The predicted octanol–water partition coefficient (Wildman–Crippen LogP) is 2.69. The summed E-state index contributed by atoms with van der Waals surface area (Å²) < 4.78 is 0. The minimum Gasteiger partial charge on any atom is -0.481 e. The van der Waals surface area contributed by atoms with E-state index in [0.717, 1.165) is 25.9 Å². The molecule has 122 valence electrons. The Kier molecular flexibility index (Phi) is 5.59. The summed E-state index contributed by atoms with van der Waals surface area (Å²) in [6.07, 6.45) is 2.03. The Hall–Kier alpha value is -1.39. The summed E-state index contributed by atoms with van der Waals surface area (Å²) in [5, 5.41) is 20.0. The lowest BCUT2D eigenvalue weighted by Crippen LogP contribution is -2.54. The van der Waals surface area contributed by atoms with Crippen LogP contribution in [0.5, 0.6) is 0 Å². The summed E-state index contributed by atoms with van der Waals surface area (Å²) in [7, 11) is 0. The quantitative estimate of drug-likeness (QED) is 0.848. The number of carboxylic acid groups (broad SMARTS) is 1. The van der Waals surface area contributed by atoms with Crippen molar-refractivity contribution >= 4 is 5.97 Å². The summed E-state index contributed by atoms with van der Waals surface area (Å²) in [6.45, 7) is 6.05. The molecule has 0 unspecified atom stereocenters. The normalized spacial score (nSPS) is 26.0. The number of β-amino-alcohol motifs (C(OH)–C–C–N with tert-alkyl or cyclic N) is 1. The van der Waals surface area contributed by atoms with Gasteiger partial charge in [-0.1, -0.05) is 44.5 Å². The number of likely N-dealkylation sites (tertiary alicyclic amines) is 1. The first-order valence-corrected chi connectivity index (χ1v) is 8.24. The van der Waals surface area contributed by atoms with E-state index in [9.17, 15) is 15.0 Å². The minimum absolute atomic E-state index is 0.435. The van der Waals surface area contributed by atoms with Crippen molar-refractivity contribution < 1.29 is 15.0 Å². The molecule has 22 heavy (non-hydrogen) atoms. The highest BCUT2D eigenvalue weighted by molar-refractivity contribution is 5.75.